The molecular formula is C20H18O5. The minimum absolute atomic E-state index is 0.00534. The van der Waals surface area contributed by atoms with Gasteiger partial charge in [-0.25, -0.2) is 0 Å². The first kappa shape index (κ1) is 14.8. The first-order valence-electron chi connectivity index (χ1n) is 8.50. The molecule has 0 N–H and O–H groups in total. The molecule has 3 atom stereocenters. The van der Waals surface area contributed by atoms with Crippen molar-refractivity contribution in [3.05, 3.63) is 48.6 Å². The number of rotatable bonds is 2. The van der Waals surface area contributed by atoms with Gasteiger partial charge in [0, 0.05) is 0 Å². The van der Waals surface area contributed by atoms with Gasteiger partial charge in [-0.3, -0.25) is 4.79 Å². The molecule has 5 rings (SSSR count). The number of fused-ring (bicyclic) bond motifs is 2. The molecular weight excluding hydrogens is 320 g/mol. The molecule has 0 radical (unpaired) electrons. The molecule has 5 nitrogen and oxygen atoms in total. The minimum atomic E-state index is -0.877. The van der Waals surface area contributed by atoms with Crippen LogP contribution < -0.4 is 9.47 Å². The summed E-state index contributed by atoms with van der Waals surface area (Å²) in [6.07, 6.45) is 4.58. The lowest BCUT2D eigenvalue weighted by molar-refractivity contribution is -0.143. The number of esters is 1. The van der Waals surface area contributed by atoms with Gasteiger partial charge in [-0.2, -0.15) is 0 Å². The molecule has 25 heavy (non-hydrogen) atoms. The van der Waals surface area contributed by atoms with E-state index in [1.54, 1.807) is 0 Å². The van der Waals surface area contributed by atoms with Gasteiger partial charge in [0.2, 0.25) is 0 Å². The van der Waals surface area contributed by atoms with E-state index in [1.165, 1.54) is 7.11 Å². The zero-order valence-electron chi connectivity index (χ0n) is 13.8. The zero-order chi connectivity index (χ0) is 17.0. The highest BCUT2D eigenvalue weighted by molar-refractivity contribution is 5.94. The standard InChI is InChI=1S/C20H18O5/c1-22-18(21)11-13-10-14-15(23-13)8-9-20(14)24-16-6-2-4-12-5-3-7-17(25-20)19(12)16/h2-9,13-15H,10-11H2,1H3/t13-,14-,15-/m0/s1. The van der Waals surface area contributed by atoms with Gasteiger partial charge in [-0.1, -0.05) is 30.3 Å². The molecule has 128 valence electrons. The molecule has 2 aliphatic heterocycles. The highest BCUT2D eigenvalue weighted by atomic mass is 16.7. The normalized spacial score (nSPS) is 27.8. The van der Waals surface area contributed by atoms with Gasteiger partial charge >= 0.3 is 5.97 Å². The van der Waals surface area contributed by atoms with Crippen molar-refractivity contribution in [2.75, 3.05) is 7.11 Å². The summed E-state index contributed by atoms with van der Waals surface area (Å²) in [6, 6.07) is 12.0. The number of ether oxygens (including phenoxy) is 4. The average molecular weight is 338 g/mol. The predicted molar refractivity (Wildman–Crippen MR) is 90.5 cm³/mol. The summed E-state index contributed by atoms with van der Waals surface area (Å²) >= 11 is 0. The Morgan fingerprint density at radius 3 is 2.60 bits per heavy atom. The molecule has 0 aromatic heterocycles. The van der Waals surface area contributed by atoms with Crippen LogP contribution in [-0.2, 0) is 14.3 Å². The maximum absolute atomic E-state index is 11.6. The van der Waals surface area contributed by atoms with Gasteiger partial charge in [0.05, 0.1) is 37.0 Å². The maximum Gasteiger partial charge on any atom is 0.308 e. The number of methoxy groups -OCH3 is 1. The van der Waals surface area contributed by atoms with Crippen molar-refractivity contribution < 1.29 is 23.7 Å². The van der Waals surface area contributed by atoms with E-state index < -0.39 is 5.79 Å². The second-order valence-electron chi connectivity index (χ2n) is 6.74. The zero-order valence-corrected chi connectivity index (χ0v) is 13.8. The van der Waals surface area contributed by atoms with E-state index in [0.29, 0.717) is 6.42 Å². The number of hydrogen-bond acceptors (Lipinski definition) is 5. The molecule has 1 aliphatic carbocycles. The van der Waals surface area contributed by atoms with Crippen LogP contribution in [0.2, 0.25) is 0 Å². The van der Waals surface area contributed by atoms with E-state index in [9.17, 15) is 4.79 Å². The van der Waals surface area contributed by atoms with Crippen LogP contribution >= 0.6 is 0 Å². The van der Waals surface area contributed by atoms with Crippen LogP contribution in [0.3, 0.4) is 0 Å². The summed E-state index contributed by atoms with van der Waals surface area (Å²) in [5.74, 6) is 0.509. The summed E-state index contributed by atoms with van der Waals surface area (Å²) in [6.45, 7) is 0. The molecule has 5 heteroatoms. The molecule has 1 saturated heterocycles. The smallest absolute Gasteiger partial charge is 0.308 e. The van der Waals surface area contributed by atoms with Gasteiger partial charge in [0.25, 0.3) is 5.79 Å². The third-order valence-corrected chi connectivity index (χ3v) is 5.29. The largest absolute Gasteiger partial charge is 0.469 e. The summed E-state index contributed by atoms with van der Waals surface area (Å²) < 4.78 is 23.4. The first-order chi connectivity index (χ1) is 12.2. The fourth-order valence-electron chi connectivity index (χ4n) is 4.14. The van der Waals surface area contributed by atoms with Crippen LogP contribution in [0.5, 0.6) is 11.5 Å². The molecule has 3 aliphatic rings. The van der Waals surface area contributed by atoms with Crippen LogP contribution in [0.25, 0.3) is 10.8 Å². The fraction of sp³-hybridized carbons (Fsp3) is 0.350. The van der Waals surface area contributed by atoms with Crippen LogP contribution in [0.1, 0.15) is 12.8 Å². The van der Waals surface area contributed by atoms with Crippen molar-refractivity contribution in [3.8, 4) is 11.5 Å². The molecule has 2 aromatic rings. The quantitative estimate of drug-likeness (QED) is 0.622. The average Bonchev–Trinajstić information content (AvgIpc) is 3.16. The Morgan fingerprint density at radius 2 is 1.92 bits per heavy atom. The Labute approximate surface area is 145 Å². The van der Waals surface area contributed by atoms with Crippen molar-refractivity contribution in [3.63, 3.8) is 0 Å². The molecule has 1 spiro atoms. The van der Waals surface area contributed by atoms with Gasteiger partial charge in [0.15, 0.2) is 0 Å². The van der Waals surface area contributed by atoms with Crippen LogP contribution in [0, 0.1) is 5.92 Å². The predicted octanol–water partition coefficient (Wildman–Crippen LogP) is 3.21. The Balaban J connectivity index is 1.48. The third-order valence-electron chi connectivity index (χ3n) is 5.29. The molecule has 0 amide bonds. The van der Waals surface area contributed by atoms with Gasteiger partial charge in [0.1, 0.15) is 11.5 Å². The SMILES string of the molecule is COC(=O)C[C@@H]1C[C@H]2[C@H](C=CC23Oc2cccc4cccc(c24)O3)O1. The topological polar surface area (TPSA) is 54.0 Å². The van der Waals surface area contributed by atoms with Crippen molar-refractivity contribution in [2.45, 2.75) is 30.8 Å². The van der Waals surface area contributed by atoms with Crippen molar-refractivity contribution in [2.24, 2.45) is 5.92 Å². The summed E-state index contributed by atoms with van der Waals surface area (Å²) in [4.78, 5) is 11.6. The Bertz CT molecular complexity index is 846. The Hall–Kier alpha value is -2.53. The van der Waals surface area contributed by atoms with E-state index in [0.717, 1.165) is 22.3 Å². The van der Waals surface area contributed by atoms with E-state index in [2.05, 4.69) is 0 Å². The van der Waals surface area contributed by atoms with Crippen molar-refractivity contribution in [1.29, 1.82) is 0 Å². The lowest BCUT2D eigenvalue weighted by Gasteiger charge is -2.38. The summed E-state index contributed by atoms with van der Waals surface area (Å²) in [7, 11) is 1.39. The fourth-order valence-corrected chi connectivity index (χ4v) is 4.14. The monoisotopic (exact) mass is 338 g/mol. The Kier molecular flexibility index (Phi) is 3.09. The number of carbonyl (C=O) groups excluding carboxylic acids is 1. The molecule has 2 aromatic carbocycles. The van der Waals surface area contributed by atoms with Crippen LogP contribution in [0.15, 0.2) is 48.6 Å². The lowest BCUT2D eigenvalue weighted by Crippen LogP contribution is -2.48. The van der Waals surface area contributed by atoms with E-state index >= 15 is 0 Å². The van der Waals surface area contributed by atoms with E-state index in [-0.39, 0.29) is 30.5 Å². The van der Waals surface area contributed by atoms with Gasteiger partial charge in [-0.15, -0.1) is 0 Å². The highest BCUT2D eigenvalue weighted by Gasteiger charge is 2.56. The maximum atomic E-state index is 11.6. The molecule has 2 heterocycles. The minimum Gasteiger partial charge on any atom is -0.469 e. The van der Waals surface area contributed by atoms with Gasteiger partial charge < -0.3 is 18.9 Å². The summed E-state index contributed by atoms with van der Waals surface area (Å²) in [5, 5.41) is 2.09. The molecule has 0 saturated carbocycles. The third kappa shape index (κ3) is 2.15. The lowest BCUT2D eigenvalue weighted by atomic mass is 9.93. The second kappa shape index (κ2) is 5.23. The number of carbonyl (C=O) groups is 1. The number of hydrogen-bond donors (Lipinski definition) is 0. The van der Waals surface area contributed by atoms with E-state index in [4.69, 9.17) is 18.9 Å². The van der Waals surface area contributed by atoms with Crippen LogP contribution in [-0.4, -0.2) is 31.1 Å². The molecule has 0 bridgehead atoms. The second-order valence-corrected chi connectivity index (χ2v) is 6.74. The molecule has 0 unspecified atom stereocenters. The highest BCUT2D eigenvalue weighted by Crippen LogP contribution is 2.50. The van der Waals surface area contributed by atoms with Crippen LogP contribution in [0.4, 0.5) is 0 Å². The number of benzene rings is 2. The summed E-state index contributed by atoms with van der Waals surface area (Å²) in [5.41, 5.74) is 0. The first-order valence-corrected chi connectivity index (χ1v) is 8.50. The van der Waals surface area contributed by atoms with Crippen molar-refractivity contribution in [1.82, 2.24) is 0 Å². The molecule has 1 fully saturated rings. The van der Waals surface area contributed by atoms with Gasteiger partial charge in [-0.05, 0) is 30.0 Å². The Morgan fingerprint density at radius 1 is 1.20 bits per heavy atom. The van der Waals surface area contributed by atoms with E-state index in [1.807, 2.05) is 48.6 Å². The van der Waals surface area contributed by atoms with Crippen molar-refractivity contribution >= 4 is 16.7 Å².